The molecule has 0 saturated heterocycles. The van der Waals surface area contributed by atoms with E-state index in [1.54, 1.807) is 6.21 Å². The highest BCUT2D eigenvalue weighted by molar-refractivity contribution is 7.80. The quantitative estimate of drug-likeness (QED) is 0.298. The van der Waals surface area contributed by atoms with Crippen LogP contribution in [0, 0.1) is 0 Å². The number of aromatic nitrogens is 2. The highest BCUT2D eigenvalue weighted by Gasteiger charge is 2.12. The summed E-state index contributed by atoms with van der Waals surface area (Å²) < 4.78 is 1.96. The van der Waals surface area contributed by atoms with Crippen molar-refractivity contribution in [2.45, 2.75) is 0 Å². The van der Waals surface area contributed by atoms with Gasteiger partial charge in [-0.25, -0.2) is 4.68 Å². The lowest BCUT2D eigenvalue weighted by Crippen LogP contribution is -2.23. The summed E-state index contributed by atoms with van der Waals surface area (Å²) >= 11 is 4.74. The molecule has 0 radical (unpaired) electrons. The molecule has 4 rings (SSSR count). The molecule has 6 heteroatoms. The Morgan fingerprint density at radius 1 is 0.897 bits per heavy atom. The summed E-state index contributed by atoms with van der Waals surface area (Å²) in [6, 6.07) is 30.5. The van der Waals surface area contributed by atoms with Gasteiger partial charge in [0.2, 0.25) is 0 Å². The van der Waals surface area contributed by atoms with Crippen molar-refractivity contribution in [3.8, 4) is 28.2 Å². The average Bonchev–Trinajstić information content (AvgIpc) is 3.21. The molecule has 3 N–H and O–H groups in total. The number of hydrazone groups is 1. The zero-order chi connectivity index (χ0) is 20.1. The number of hydrogen-bond donors (Lipinski definition) is 2. The van der Waals surface area contributed by atoms with Gasteiger partial charge in [0.05, 0.1) is 23.3 Å². The van der Waals surface area contributed by atoms with Crippen molar-refractivity contribution in [2.24, 2.45) is 10.8 Å². The van der Waals surface area contributed by atoms with E-state index < -0.39 is 0 Å². The van der Waals surface area contributed by atoms with Crippen LogP contribution in [0.5, 0.6) is 0 Å². The Bertz CT molecular complexity index is 1130. The first kappa shape index (κ1) is 18.6. The molecule has 0 atom stereocenters. The number of thiocarbonyl (C=S) groups is 1. The summed E-state index contributed by atoms with van der Waals surface area (Å²) in [7, 11) is 0. The molecule has 0 bridgehead atoms. The Balaban J connectivity index is 1.73. The second-order valence-electron chi connectivity index (χ2n) is 6.38. The first-order chi connectivity index (χ1) is 14.2. The van der Waals surface area contributed by atoms with E-state index in [-0.39, 0.29) is 5.11 Å². The van der Waals surface area contributed by atoms with Crippen molar-refractivity contribution in [1.82, 2.24) is 15.2 Å². The Hall–Kier alpha value is -3.77. The van der Waals surface area contributed by atoms with Gasteiger partial charge >= 0.3 is 0 Å². The van der Waals surface area contributed by atoms with E-state index in [2.05, 4.69) is 40.9 Å². The van der Waals surface area contributed by atoms with E-state index >= 15 is 0 Å². The van der Waals surface area contributed by atoms with E-state index in [0.29, 0.717) is 0 Å². The average molecular weight is 398 g/mol. The number of benzene rings is 3. The maximum Gasteiger partial charge on any atom is 0.184 e. The van der Waals surface area contributed by atoms with Crippen LogP contribution in [0.3, 0.4) is 0 Å². The van der Waals surface area contributed by atoms with Gasteiger partial charge in [0, 0.05) is 11.1 Å². The Morgan fingerprint density at radius 2 is 1.52 bits per heavy atom. The molecule has 0 saturated carbocycles. The van der Waals surface area contributed by atoms with Crippen LogP contribution in [0.4, 0.5) is 0 Å². The molecule has 0 unspecified atom stereocenters. The maximum atomic E-state index is 5.37. The monoisotopic (exact) mass is 397 g/mol. The zero-order valence-corrected chi connectivity index (χ0v) is 16.4. The zero-order valence-electron chi connectivity index (χ0n) is 15.6. The maximum absolute atomic E-state index is 5.37. The van der Waals surface area contributed by atoms with Crippen molar-refractivity contribution in [3.63, 3.8) is 0 Å². The van der Waals surface area contributed by atoms with Gasteiger partial charge in [-0.2, -0.15) is 10.2 Å². The van der Waals surface area contributed by atoms with Crippen LogP contribution in [-0.2, 0) is 0 Å². The van der Waals surface area contributed by atoms with Gasteiger partial charge < -0.3 is 5.73 Å². The summed E-state index contributed by atoms with van der Waals surface area (Å²) in [5, 5.41) is 9.00. The van der Waals surface area contributed by atoms with E-state index in [0.717, 1.165) is 33.8 Å². The molecule has 1 heterocycles. The van der Waals surface area contributed by atoms with Crippen molar-refractivity contribution in [2.75, 3.05) is 0 Å². The molecule has 142 valence electrons. The van der Waals surface area contributed by atoms with Crippen LogP contribution in [0.15, 0.2) is 96.1 Å². The van der Waals surface area contributed by atoms with Crippen LogP contribution in [-0.4, -0.2) is 21.1 Å². The van der Waals surface area contributed by atoms with E-state index in [1.807, 2.05) is 65.3 Å². The third kappa shape index (κ3) is 4.39. The molecule has 0 spiro atoms. The SMILES string of the molecule is NC(=S)N/N=C/c1ccc(-n2nc(-c3ccccc3)cc2-c2ccccc2)cc1. The van der Waals surface area contributed by atoms with Crippen LogP contribution >= 0.6 is 12.2 Å². The molecule has 1 aromatic heterocycles. The normalized spacial score (nSPS) is 10.9. The molecule has 0 aliphatic heterocycles. The molecule has 0 fully saturated rings. The topological polar surface area (TPSA) is 68.2 Å². The van der Waals surface area contributed by atoms with Gasteiger partial charge in [-0.1, -0.05) is 72.8 Å². The number of nitrogens with one attached hydrogen (secondary N) is 1. The number of rotatable bonds is 5. The minimum atomic E-state index is 0.135. The standard InChI is InChI=1S/C23H19N5S/c24-23(29)26-25-16-17-11-13-20(14-12-17)28-22(19-9-5-2-6-10-19)15-21(27-28)18-7-3-1-4-8-18/h1-16H,(H3,24,26,29)/b25-16+. The van der Waals surface area contributed by atoms with Crippen molar-refractivity contribution >= 4 is 23.5 Å². The summed E-state index contributed by atoms with van der Waals surface area (Å²) in [4.78, 5) is 0. The molecule has 4 aromatic rings. The van der Waals surface area contributed by atoms with Crippen LogP contribution in [0.2, 0.25) is 0 Å². The fourth-order valence-electron chi connectivity index (χ4n) is 3.01. The second kappa shape index (κ2) is 8.50. The summed E-state index contributed by atoms with van der Waals surface area (Å²) in [5.74, 6) is 0. The largest absolute Gasteiger partial charge is 0.375 e. The van der Waals surface area contributed by atoms with Gasteiger partial charge in [0.1, 0.15) is 0 Å². The lowest BCUT2D eigenvalue weighted by atomic mass is 10.1. The van der Waals surface area contributed by atoms with Crippen molar-refractivity contribution in [1.29, 1.82) is 0 Å². The molecule has 3 aromatic carbocycles. The van der Waals surface area contributed by atoms with E-state index in [9.17, 15) is 0 Å². The second-order valence-corrected chi connectivity index (χ2v) is 6.82. The Morgan fingerprint density at radius 3 is 2.14 bits per heavy atom. The highest BCUT2D eigenvalue weighted by Crippen LogP contribution is 2.28. The van der Waals surface area contributed by atoms with Crippen molar-refractivity contribution in [3.05, 3.63) is 96.6 Å². The smallest absolute Gasteiger partial charge is 0.184 e. The highest BCUT2D eigenvalue weighted by atomic mass is 32.1. The van der Waals surface area contributed by atoms with Gasteiger partial charge in [0.25, 0.3) is 0 Å². The molecule has 5 nitrogen and oxygen atoms in total. The van der Waals surface area contributed by atoms with Gasteiger partial charge in [-0.05, 0) is 36.0 Å². The van der Waals surface area contributed by atoms with Crippen LogP contribution in [0.1, 0.15) is 5.56 Å². The Kier molecular flexibility index (Phi) is 5.45. The fourth-order valence-corrected chi connectivity index (χ4v) is 3.07. The minimum absolute atomic E-state index is 0.135. The number of nitrogens with zero attached hydrogens (tertiary/aromatic N) is 3. The van der Waals surface area contributed by atoms with Gasteiger partial charge in [0.15, 0.2) is 5.11 Å². The molecular weight excluding hydrogens is 378 g/mol. The van der Waals surface area contributed by atoms with E-state index in [1.165, 1.54) is 0 Å². The third-order valence-corrected chi connectivity index (χ3v) is 4.47. The van der Waals surface area contributed by atoms with Crippen LogP contribution in [0.25, 0.3) is 28.2 Å². The van der Waals surface area contributed by atoms with Crippen molar-refractivity contribution < 1.29 is 0 Å². The number of nitrogens with two attached hydrogens (primary N) is 1. The molecule has 0 aliphatic carbocycles. The molecule has 0 amide bonds. The Labute approximate surface area is 174 Å². The molecule has 0 aliphatic rings. The fraction of sp³-hybridized carbons (Fsp3) is 0. The summed E-state index contributed by atoms with van der Waals surface area (Å²) in [5.41, 5.74) is 14.0. The summed E-state index contributed by atoms with van der Waals surface area (Å²) in [6.45, 7) is 0. The van der Waals surface area contributed by atoms with Gasteiger partial charge in [-0.15, -0.1) is 0 Å². The lowest BCUT2D eigenvalue weighted by Gasteiger charge is -2.08. The van der Waals surface area contributed by atoms with Gasteiger partial charge in [-0.3, -0.25) is 5.43 Å². The molecule has 29 heavy (non-hydrogen) atoms. The first-order valence-corrected chi connectivity index (χ1v) is 9.51. The third-order valence-electron chi connectivity index (χ3n) is 4.37. The molecular formula is C23H19N5S. The predicted octanol–water partition coefficient (Wildman–Crippen LogP) is 4.37. The summed E-state index contributed by atoms with van der Waals surface area (Å²) in [6.07, 6.45) is 1.67. The number of hydrogen-bond acceptors (Lipinski definition) is 3. The van der Waals surface area contributed by atoms with Crippen LogP contribution < -0.4 is 11.2 Å². The predicted molar refractivity (Wildman–Crippen MR) is 122 cm³/mol. The van der Waals surface area contributed by atoms with E-state index in [4.69, 9.17) is 23.1 Å². The lowest BCUT2D eigenvalue weighted by molar-refractivity contribution is 0.892. The first-order valence-electron chi connectivity index (χ1n) is 9.10. The minimum Gasteiger partial charge on any atom is -0.375 e.